The molecular formula is C14H14F3NO. The summed E-state index contributed by atoms with van der Waals surface area (Å²) in [6.45, 7) is 2.64. The predicted molar refractivity (Wildman–Crippen MR) is 65.2 cm³/mol. The highest BCUT2D eigenvalue weighted by Crippen LogP contribution is 2.25. The van der Waals surface area contributed by atoms with Gasteiger partial charge in [0.2, 0.25) is 0 Å². The van der Waals surface area contributed by atoms with Crippen molar-refractivity contribution in [2.75, 3.05) is 6.54 Å². The minimum atomic E-state index is -1.45. The zero-order valence-corrected chi connectivity index (χ0v) is 10.4. The lowest BCUT2D eigenvalue weighted by molar-refractivity contribution is 0.442. The Morgan fingerprint density at radius 3 is 2.37 bits per heavy atom. The lowest BCUT2D eigenvalue weighted by Crippen LogP contribution is -2.23. The van der Waals surface area contributed by atoms with Gasteiger partial charge < -0.3 is 9.73 Å². The van der Waals surface area contributed by atoms with Gasteiger partial charge in [-0.05, 0) is 36.7 Å². The van der Waals surface area contributed by atoms with Gasteiger partial charge in [-0.2, -0.15) is 0 Å². The van der Waals surface area contributed by atoms with Crippen LogP contribution in [0.25, 0.3) is 0 Å². The second-order valence-corrected chi connectivity index (χ2v) is 4.24. The van der Waals surface area contributed by atoms with Gasteiger partial charge in [0.25, 0.3) is 0 Å². The van der Waals surface area contributed by atoms with E-state index in [4.69, 9.17) is 4.42 Å². The fourth-order valence-electron chi connectivity index (χ4n) is 1.90. The number of rotatable bonds is 5. The molecule has 1 aromatic heterocycles. The Morgan fingerprint density at radius 2 is 1.84 bits per heavy atom. The maximum atomic E-state index is 13.3. The predicted octanol–water partition coefficient (Wildman–Crippen LogP) is 3.79. The zero-order chi connectivity index (χ0) is 13.8. The molecule has 1 heterocycles. The Bertz CT molecular complexity index is 517. The van der Waals surface area contributed by atoms with Crippen LogP contribution in [-0.2, 0) is 0 Å². The van der Waals surface area contributed by atoms with Crippen molar-refractivity contribution in [3.8, 4) is 0 Å². The van der Waals surface area contributed by atoms with Gasteiger partial charge in [0, 0.05) is 5.56 Å². The molecule has 1 N–H and O–H groups in total. The molecule has 1 aromatic carbocycles. The van der Waals surface area contributed by atoms with Crippen LogP contribution in [0.1, 0.15) is 30.5 Å². The summed E-state index contributed by atoms with van der Waals surface area (Å²) < 4.78 is 44.6. The van der Waals surface area contributed by atoms with Crippen LogP contribution in [0.3, 0.4) is 0 Å². The molecule has 0 radical (unpaired) electrons. The summed E-state index contributed by atoms with van der Waals surface area (Å²) in [5.74, 6) is -3.84. The standard InChI is InChI=1S/C14H14F3NO/c1-2-4-18-14(9-3-5-19-8-9)10-6-11(15)13(17)12(16)7-10/h3,5-8,14,18H,2,4H2,1H3. The van der Waals surface area contributed by atoms with E-state index in [0.29, 0.717) is 12.1 Å². The molecule has 1 unspecified atom stereocenters. The van der Waals surface area contributed by atoms with Crippen molar-refractivity contribution >= 4 is 0 Å². The monoisotopic (exact) mass is 269 g/mol. The van der Waals surface area contributed by atoms with Crippen molar-refractivity contribution in [1.29, 1.82) is 0 Å². The van der Waals surface area contributed by atoms with E-state index >= 15 is 0 Å². The third kappa shape index (κ3) is 2.98. The minimum absolute atomic E-state index is 0.325. The van der Waals surface area contributed by atoms with Crippen molar-refractivity contribution in [2.24, 2.45) is 0 Å². The first-order chi connectivity index (χ1) is 9.13. The molecule has 2 nitrogen and oxygen atoms in total. The molecule has 19 heavy (non-hydrogen) atoms. The van der Waals surface area contributed by atoms with E-state index in [2.05, 4.69) is 5.32 Å². The van der Waals surface area contributed by atoms with Gasteiger partial charge in [-0.25, -0.2) is 13.2 Å². The number of halogens is 3. The largest absolute Gasteiger partial charge is 0.472 e. The number of furan rings is 1. The van der Waals surface area contributed by atoms with E-state index in [0.717, 1.165) is 24.1 Å². The Morgan fingerprint density at radius 1 is 1.16 bits per heavy atom. The molecule has 2 rings (SSSR count). The molecule has 0 bridgehead atoms. The normalized spacial score (nSPS) is 12.6. The summed E-state index contributed by atoms with van der Waals surface area (Å²) in [4.78, 5) is 0. The first-order valence-corrected chi connectivity index (χ1v) is 6.03. The lowest BCUT2D eigenvalue weighted by Gasteiger charge is -2.18. The average Bonchev–Trinajstić information content (AvgIpc) is 2.90. The number of nitrogens with one attached hydrogen (secondary N) is 1. The van der Waals surface area contributed by atoms with E-state index in [1.165, 1.54) is 12.5 Å². The van der Waals surface area contributed by atoms with Gasteiger partial charge in [0.15, 0.2) is 17.5 Å². The van der Waals surface area contributed by atoms with Crippen molar-refractivity contribution in [3.63, 3.8) is 0 Å². The summed E-state index contributed by atoms with van der Waals surface area (Å²) in [6.07, 6.45) is 3.83. The summed E-state index contributed by atoms with van der Waals surface area (Å²) >= 11 is 0. The van der Waals surface area contributed by atoms with Crippen molar-refractivity contribution < 1.29 is 17.6 Å². The number of hydrogen-bond donors (Lipinski definition) is 1. The van der Waals surface area contributed by atoms with Gasteiger partial charge in [-0.15, -0.1) is 0 Å². The molecule has 0 amide bonds. The Labute approximate surface area is 109 Å². The van der Waals surface area contributed by atoms with Crippen molar-refractivity contribution in [2.45, 2.75) is 19.4 Å². The van der Waals surface area contributed by atoms with Crippen LogP contribution in [0.15, 0.2) is 35.1 Å². The first kappa shape index (κ1) is 13.7. The molecule has 0 spiro atoms. The Kier molecular flexibility index (Phi) is 4.27. The molecule has 1 atom stereocenters. The van der Waals surface area contributed by atoms with Crippen LogP contribution in [-0.4, -0.2) is 6.54 Å². The molecule has 0 aliphatic carbocycles. The molecule has 2 aromatic rings. The molecule has 0 saturated heterocycles. The highest BCUT2D eigenvalue weighted by Gasteiger charge is 2.19. The van der Waals surface area contributed by atoms with Gasteiger partial charge in [0.1, 0.15) is 0 Å². The van der Waals surface area contributed by atoms with E-state index in [9.17, 15) is 13.2 Å². The van der Waals surface area contributed by atoms with Gasteiger partial charge in [-0.3, -0.25) is 0 Å². The second-order valence-electron chi connectivity index (χ2n) is 4.24. The van der Waals surface area contributed by atoms with Crippen molar-refractivity contribution in [1.82, 2.24) is 5.32 Å². The third-order valence-electron chi connectivity index (χ3n) is 2.81. The molecule has 0 aliphatic heterocycles. The Balaban J connectivity index is 2.38. The quantitative estimate of drug-likeness (QED) is 0.835. The molecule has 0 aliphatic rings. The maximum Gasteiger partial charge on any atom is 0.194 e. The molecule has 0 saturated carbocycles. The van der Waals surface area contributed by atoms with Crippen LogP contribution < -0.4 is 5.32 Å². The van der Waals surface area contributed by atoms with Gasteiger partial charge in [0.05, 0.1) is 18.6 Å². The van der Waals surface area contributed by atoms with Gasteiger partial charge in [-0.1, -0.05) is 6.92 Å². The van der Waals surface area contributed by atoms with Crippen LogP contribution in [0.4, 0.5) is 13.2 Å². The summed E-state index contributed by atoms with van der Waals surface area (Å²) in [7, 11) is 0. The van der Waals surface area contributed by atoms with Crippen LogP contribution in [0, 0.1) is 17.5 Å². The Hall–Kier alpha value is -1.75. The number of hydrogen-bond acceptors (Lipinski definition) is 2. The van der Waals surface area contributed by atoms with E-state index in [1.807, 2.05) is 6.92 Å². The smallest absolute Gasteiger partial charge is 0.194 e. The molecule has 5 heteroatoms. The molecular weight excluding hydrogens is 255 g/mol. The molecule has 102 valence electrons. The van der Waals surface area contributed by atoms with E-state index in [-0.39, 0.29) is 0 Å². The fourth-order valence-corrected chi connectivity index (χ4v) is 1.90. The highest BCUT2D eigenvalue weighted by atomic mass is 19.2. The first-order valence-electron chi connectivity index (χ1n) is 6.03. The van der Waals surface area contributed by atoms with Crippen LogP contribution in [0.2, 0.25) is 0 Å². The zero-order valence-electron chi connectivity index (χ0n) is 10.4. The lowest BCUT2D eigenvalue weighted by atomic mass is 10.0. The minimum Gasteiger partial charge on any atom is -0.472 e. The summed E-state index contributed by atoms with van der Waals surface area (Å²) in [5, 5.41) is 3.15. The fraction of sp³-hybridized carbons (Fsp3) is 0.286. The van der Waals surface area contributed by atoms with Crippen LogP contribution in [0.5, 0.6) is 0 Å². The highest BCUT2D eigenvalue weighted by molar-refractivity contribution is 5.31. The number of benzene rings is 1. The topological polar surface area (TPSA) is 25.2 Å². The van der Waals surface area contributed by atoms with E-state index < -0.39 is 23.5 Å². The molecule has 0 fully saturated rings. The summed E-state index contributed by atoms with van der Waals surface area (Å²) in [5.41, 5.74) is 1.06. The SMILES string of the molecule is CCCNC(c1ccoc1)c1cc(F)c(F)c(F)c1. The van der Waals surface area contributed by atoms with Crippen LogP contribution >= 0.6 is 0 Å². The van der Waals surface area contributed by atoms with E-state index in [1.54, 1.807) is 6.07 Å². The third-order valence-corrected chi connectivity index (χ3v) is 2.81. The average molecular weight is 269 g/mol. The van der Waals surface area contributed by atoms with Crippen molar-refractivity contribution in [3.05, 3.63) is 59.3 Å². The van der Waals surface area contributed by atoms with Gasteiger partial charge >= 0.3 is 0 Å². The maximum absolute atomic E-state index is 13.3. The summed E-state index contributed by atoms with van der Waals surface area (Å²) in [6, 6.07) is 3.27. The second kappa shape index (κ2) is 5.93.